The Balaban J connectivity index is 2.74. The fourth-order valence-electron chi connectivity index (χ4n) is 1.32. The first-order valence-corrected chi connectivity index (χ1v) is 5.96. The van der Waals surface area contributed by atoms with Crippen molar-refractivity contribution in [1.29, 1.82) is 0 Å². The van der Waals surface area contributed by atoms with Gasteiger partial charge in [-0.3, -0.25) is 4.79 Å². The molecule has 0 bridgehead atoms. The van der Waals surface area contributed by atoms with Gasteiger partial charge in [0, 0.05) is 6.61 Å². The maximum Gasteiger partial charge on any atom is 0.416 e. The summed E-state index contributed by atoms with van der Waals surface area (Å²) in [6.45, 7) is 2.46. The van der Waals surface area contributed by atoms with Gasteiger partial charge in [0.15, 0.2) is 0 Å². The highest BCUT2D eigenvalue weighted by atomic mass is 35.5. The van der Waals surface area contributed by atoms with E-state index in [4.69, 9.17) is 16.3 Å². The molecule has 0 aliphatic heterocycles. The maximum atomic E-state index is 12.5. The number of alkyl halides is 3. The number of carbonyl (C=O) groups is 1. The summed E-state index contributed by atoms with van der Waals surface area (Å²) in [6, 6.07) is 2.77. The molecule has 0 unspecified atom stereocenters. The molecule has 1 rings (SSSR count). The molecule has 0 atom stereocenters. The number of nitrogens with one attached hydrogen (secondary N) is 1. The molecular formula is C12H13ClF3NO2. The molecule has 7 heteroatoms. The molecule has 0 saturated heterocycles. The standard InChI is InChI=1S/C12H13ClF3NO2/c1-2-19-6-5-11(18)17-10-7-8(12(14,15)16)3-4-9(10)13/h3-4,7H,2,5-6H2,1H3,(H,17,18). The first-order valence-electron chi connectivity index (χ1n) is 5.59. The van der Waals surface area contributed by atoms with Crippen LogP contribution in [0, 0.1) is 0 Å². The van der Waals surface area contributed by atoms with Gasteiger partial charge in [0.1, 0.15) is 0 Å². The van der Waals surface area contributed by atoms with Gasteiger partial charge in [-0.25, -0.2) is 0 Å². The number of halogens is 4. The first kappa shape index (κ1) is 15.8. The van der Waals surface area contributed by atoms with Crippen molar-refractivity contribution in [3.8, 4) is 0 Å². The third kappa shape index (κ3) is 5.08. The molecule has 0 aliphatic carbocycles. The highest BCUT2D eigenvalue weighted by Gasteiger charge is 2.31. The highest BCUT2D eigenvalue weighted by molar-refractivity contribution is 6.33. The van der Waals surface area contributed by atoms with Crippen molar-refractivity contribution in [2.45, 2.75) is 19.5 Å². The second-order valence-electron chi connectivity index (χ2n) is 3.69. The van der Waals surface area contributed by atoms with Crippen molar-refractivity contribution in [2.24, 2.45) is 0 Å². The Morgan fingerprint density at radius 3 is 2.68 bits per heavy atom. The fourth-order valence-corrected chi connectivity index (χ4v) is 1.48. The van der Waals surface area contributed by atoms with Gasteiger partial charge in [-0.15, -0.1) is 0 Å². The smallest absolute Gasteiger partial charge is 0.381 e. The Morgan fingerprint density at radius 2 is 2.11 bits per heavy atom. The van der Waals surface area contributed by atoms with Gasteiger partial charge in [-0.2, -0.15) is 13.2 Å². The van der Waals surface area contributed by atoms with Crippen LogP contribution in [-0.2, 0) is 15.7 Å². The van der Waals surface area contributed by atoms with Crippen molar-refractivity contribution in [1.82, 2.24) is 0 Å². The predicted molar refractivity (Wildman–Crippen MR) is 66.2 cm³/mol. The Hall–Kier alpha value is -1.27. The second kappa shape index (κ2) is 6.77. The molecule has 0 aromatic heterocycles. The molecule has 0 spiro atoms. The van der Waals surface area contributed by atoms with Crippen LogP contribution < -0.4 is 5.32 Å². The van der Waals surface area contributed by atoms with Crippen LogP contribution in [-0.4, -0.2) is 19.1 Å². The summed E-state index contributed by atoms with van der Waals surface area (Å²) in [6.07, 6.45) is -4.42. The van der Waals surface area contributed by atoms with Crippen molar-refractivity contribution in [2.75, 3.05) is 18.5 Å². The van der Waals surface area contributed by atoms with Crippen molar-refractivity contribution >= 4 is 23.2 Å². The predicted octanol–water partition coefficient (Wildman–Crippen LogP) is 3.72. The number of hydrogen-bond donors (Lipinski definition) is 1. The van der Waals surface area contributed by atoms with E-state index in [1.165, 1.54) is 0 Å². The molecule has 0 aliphatic rings. The monoisotopic (exact) mass is 295 g/mol. The summed E-state index contributed by atoms with van der Waals surface area (Å²) < 4.78 is 42.5. The van der Waals surface area contributed by atoms with Gasteiger partial charge >= 0.3 is 6.18 Å². The number of hydrogen-bond acceptors (Lipinski definition) is 2. The van der Waals surface area contributed by atoms with Crippen LogP contribution in [0.25, 0.3) is 0 Å². The van der Waals surface area contributed by atoms with Crippen molar-refractivity contribution in [3.63, 3.8) is 0 Å². The average molecular weight is 296 g/mol. The average Bonchev–Trinajstić information content (AvgIpc) is 2.31. The maximum absolute atomic E-state index is 12.5. The van der Waals surface area contributed by atoms with E-state index in [1.54, 1.807) is 6.92 Å². The summed E-state index contributed by atoms with van der Waals surface area (Å²) in [5.41, 5.74) is -0.921. The van der Waals surface area contributed by atoms with Gasteiger partial charge in [0.05, 0.1) is 29.3 Å². The molecule has 106 valence electrons. The number of ether oxygens (including phenoxy) is 1. The third-order valence-electron chi connectivity index (χ3n) is 2.25. The molecule has 0 saturated carbocycles. The number of benzene rings is 1. The van der Waals surface area contributed by atoms with E-state index in [1.807, 2.05) is 0 Å². The summed E-state index contributed by atoms with van der Waals surface area (Å²) in [5.74, 6) is -0.449. The second-order valence-corrected chi connectivity index (χ2v) is 4.09. The fraction of sp³-hybridized carbons (Fsp3) is 0.417. The van der Waals surface area contributed by atoms with Gasteiger partial charge in [0.25, 0.3) is 0 Å². The third-order valence-corrected chi connectivity index (χ3v) is 2.57. The van der Waals surface area contributed by atoms with Gasteiger partial charge in [0.2, 0.25) is 5.91 Å². The van der Waals surface area contributed by atoms with E-state index in [0.29, 0.717) is 6.61 Å². The Bertz CT molecular complexity index is 449. The molecule has 1 amide bonds. The lowest BCUT2D eigenvalue weighted by Crippen LogP contribution is -2.15. The minimum absolute atomic E-state index is 0.0535. The molecule has 1 aromatic carbocycles. The lowest BCUT2D eigenvalue weighted by molar-refractivity contribution is -0.137. The van der Waals surface area contributed by atoms with Crippen LogP contribution in [0.1, 0.15) is 18.9 Å². The zero-order chi connectivity index (χ0) is 14.5. The zero-order valence-corrected chi connectivity index (χ0v) is 10.9. The van der Waals surface area contributed by atoms with Crippen LogP contribution in [0.4, 0.5) is 18.9 Å². The normalized spacial score (nSPS) is 11.4. The highest BCUT2D eigenvalue weighted by Crippen LogP contribution is 2.33. The summed E-state index contributed by atoms with van der Waals surface area (Å²) in [7, 11) is 0. The summed E-state index contributed by atoms with van der Waals surface area (Å²) in [4.78, 5) is 11.5. The van der Waals surface area contributed by atoms with E-state index in [2.05, 4.69) is 5.32 Å². The molecule has 1 aromatic rings. The molecule has 0 heterocycles. The molecule has 3 nitrogen and oxygen atoms in total. The van der Waals surface area contributed by atoms with E-state index in [9.17, 15) is 18.0 Å². The van der Waals surface area contributed by atoms with E-state index >= 15 is 0 Å². The molecular weight excluding hydrogens is 283 g/mol. The lowest BCUT2D eigenvalue weighted by Gasteiger charge is -2.11. The van der Waals surface area contributed by atoms with Crippen LogP contribution >= 0.6 is 11.6 Å². The Morgan fingerprint density at radius 1 is 1.42 bits per heavy atom. The molecule has 0 fully saturated rings. The quantitative estimate of drug-likeness (QED) is 0.841. The Labute approximate surface area is 113 Å². The van der Waals surface area contributed by atoms with Gasteiger partial charge in [-0.1, -0.05) is 11.6 Å². The van der Waals surface area contributed by atoms with Gasteiger partial charge in [-0.05, 0) is 25.1 Å². The number of amides is 1. The van der Waals surface area contributed by atoms with Crippen molar-refractivity contribution < 1.29 is 22.7 Å². The van der Waals surface area contributed by atoms with Crippen molar-refractivity contribution in [3.05, 3.63) is 28.8 Å². The van der Waals surface area contributed by atoms with E-state index in [-0.39, 0.29) is 23.7 Å². The van der Waals surface area contributed by atoms with Gasteiger partial charge < -0.3 is 10.1 Å². The van der Waals surface area contributed by atoms with Crippen LogP contribution in [0.5, 0.6) is 0 Å². The Kier molecular flexibility index (Phi) is 5.62. The van der Waals surface area contributed by atoms with E-state index in [0.717, 1.165) is 18.2 Å². The lowest BCUT2D eigenvalue weighted by atomic mass is 10.2. The summed E-state index contributed by atoms with van der Waals surface area (Å²) in [5, 5.41) is 2.38. The van der Waals surface area contributed by atoms with Crippen LogP contribution in [0.2, 0.25) is 5.02 Å². The van der Waals surface area contributed by atoms with Crippen LogP contribution in [0.3, 0.4) is 0 Å². The van der Waals surface area contributed by atoms with E-state index < -0.39 is 17.6 Å². The topological polar surface area (TPSA) is 38.3 Å². The molecule has 1 N–H and O–H groups in total. The number of anilines is 1. The minimum Gasteiger partial charge on any atom is -0.381 e. The molecule has 0 radical (unpaired) electrons. The molecule has 19 heavy (non-hydrogen) atoms. The largest absolute Gasteiger partial charge is 0.416 e. The summed E-state index contributed by atoms with van der Waals surface area (Å²) >= 11 is 5.74. The van der Waals surface area contributed by atoms with Crippen LogP contribution in [0.15, 0.2) is 18.2 Å². The first-order chi connectivity index (χ1) is 8.84. The minimum atomic E-state index is -4.48. The number of rotatable bonds is 5. The SMILES string of the molecule is CCOCCC(=O)Nc1cc(C(F)(F)F)ccc1Cl. The zero-order valence-electron chi connectivity index (χ0n) is 10.2. The number of carbonyl (C=O) groups excluding carboxylic acids is 1.